The number of hydrogen-bond donors (Lipinski definition) is 1. The van der Waals surface area contributed by atoms with Crippen LogP contribution in [0.15, 0.2) is 6.07 Å². The monoisotopic (exact) mass is 386 g/mol. The Hall–Kier alpha value is -1.55. The van der Waals surface area contributed by atoms with Crippen LogP contribution in [-0.4, -0.2) is 44.1 Å². The maximum Gasteiger partial charge on any atom is 0.223 e. The van der Waals surface area contributed by atoms with E-state index in [9.17, 15) is 4.79 Å². The number of nitrogens with zero attached hydrogens (tertiary/aromatic N) is 1. The smallest absolute Gasteiger partial charge is 0.223 e. The summed E-state index contributed by atoms with van der Waals surface area (Å²) in [4.78, 5) is 14.9. The molecule has 3 rings (SSSR count). The summed E-state index contributed by atoms with van der Waals surface area (Å²) in [6.07, 6.45) is 7.98. The zero-order valence-corrected chi connectivity index (χ0v) is 18.4. The van der Waals surface area contributed by atoms with Crippen LogP contribution in [-0.2, 0) is 17.6 Å². The Kier molecular flexibility index (Phi) is 7.03. The first-order valence-electron chi connectivity index (χ1n) is 11.1. The van der Waals surface area contributed by atoms with Crippen molar-refractivity contribution in [2.45, 2.75) is 71.8 Å². The highest BCUT2D eigenvalue weighted by Gasteiger charge is 2.31. The van der Waals surface area contributed by atoms with E-state index < -0.39 is 0 Å². The molecule has 1 N–H and O–H groups in total. The summed E-state index contributed by atoms with van der Waals surface area (Å²) in [5.74, 6) is 1.77. The lowest BCUT2D eigenvalue weighted by Crippen LogP contribution is -2.40. The van der Waals surface area contributed by atoms with Crippen molar-refractivity contribution in [2.75, 3.05) is 27.2 Å². The first-order valence-corrected chi connectivity index (χ1v) is 11.1. The molecule has 0 spiro atoms. The highest BCUT2D eigenvalue weighted by Crippen LogP contribution is 2.37. The minimum Gasteiger partial charge on any atom is -0.492 e. The number of ether oxygens (including phenoxy) is 1. The molecule has 0 unspecified atom stereocenters. The van der Waals surface area contributed by atoms with Gasteiger partial charge in [-0.2, -0.15) is 0 Å². The van der Waals surface area contributed by atoms with Gasteiger partial charge >= 0.3 is 0 Å². The number of fused-ring (bicyclic) bond motifs is 1. The number of rotatable bonds is 7. The lowest BCUT2D eigenvalue weighted by molar-refractivity contribution is -0.126. The predicted octanol–water partition coefficient (Wildman–Crippen LogP) is 4.04. The Balaban J connectivity index is 1.69. The molecule has 28 heavy (non-hydrogen) atoms. The minimum atomic E-state index is 0.0757. The van der Waals surface area contributed by atoms with Crippen LogP contribution in [0.2, 0.25) is 0 Å². The number of benzene rings is 1. The quantitative estimate of drug-likeness (QED) is 0.769. The molecule has 2 atom stereocenters. The van der Waals surface area contributed by atoms with Crippen molar-refractivity contribution in [1.29, 1.82) is 0 Å². The third kappa shape index (κ3) is 4.89. The molecule has 0 aromatic heterocycles. The molecule has 1 aromatic rings. The summed E-state index contributed by atoms with van der Waals surface area (Å²) in [5.41, 5.74) is 5.52. The van der Waals surface area contributed by atoms with E-state index in [0.717, 1.165) is 44.4 Å². The highest BCUT2D eigenvalue weighted by molar-refractivity contribution is 5.79. The Morgan fingerprint density at radius 1 is 1.21 bits per heavy atom. The van der Waals surface area contributed by atoms with E-state index in [1.54, 1.807) is 0 Å². The maximum atomic E-state index is 12.8. The highest BCUT2D eigenvalue weighted by atomic mass is 16.5. The second-order valence-electron chi connectivity index (χ2n) is 9.21. The van der Waals surface area contributed by atoms with E-state index in [4.69, 9.17) is 4.74 Å². The van der Waals surface area contributed by atoms with Crippen LogP contribution < -0.4 is 10.1 Å². The number of likely N-dealkylation sites (N-methyl/N-ethyl adjacent to an activating group) is 1. The average molecular weight is 387 g/mol. The van der Waals surface area contributed by atoms with Crippen LogP contribution in [0.1, 0.15) is 61.3 Å². The molecule has 1 amide bonds. The fourth-order valence-electron chi connectivity index (χ4n) is 4.86. The predicted molar refractivity (Wildman–Crippen MR) is 115 cm³/mol. The standard InChI is InChI=1S/C24H38N2O2/c1-16-14-23(28-13-12-26(4)5)18(3)22-15-19(10-11-21(16)22)17(2)24(27)25-20-8-6-7-9-20/h14,17,19-20H,6-13,15H2,1-5H3,(H,25,27)/t17-,19+/m0/s1. The largest absolute Gasteiger partial charge is 0.492 e. The van der Waals surface area contributed by atoms with E-state index in [0.29, 0.717) is 18.6 Å². The van der Waals surface area contributed by atoms with Gasteiger partial charge in [0.1, 0.15) is 12.4 Å². The zero-order chi connectivity index (χ0) is 20.3. The number of amides is 1. The molecule has 0 bridgehead atoms. The minimum absolute atomic E-state index is 0.0757. The van der Waals surface area contributed by atoms with Gasteiger partial charge < -0.3 is 15.0 Å². The van der Waals surface area contributed by atoms with Crippen molar-refractivity contribution in [1.82, 2.24) is 10.2 Å². The van der Waals surface area contributed by atoms with Crippen molar-refractivity contribution in [2.24, 2.45) is 11.8 Å². The molecule has 1 fully saturated rings. The Morgan fingerprint density at radius 2 is 1.93 bits per heavy atom. The Bertz CT molecular complexity index is 692. The van der Waals surface area contributed by atoms with Crippen molar-refractivity contribution >= 4 is 5.91 Å². The number of aryl methyl sites for hydroxylation is 1. The van der Waals surface area contributed by atoms with Gasteiger partial charge in [-0.25, -0.2) is 0 Å². The molecule has 0 saturated heterocycles. The molecule has 4 nitrogen and oxygen atoms in total. The van der Waals surface area contributed by atoms with Crippen molar-refractivity contribution in [3.8, 4) is 5.75 Å². The van der Waals surface area contributed by atoms with E-state index in [1.165, 1.54) is 35.1 Å². The number of hydrogen-bond acceptors (Lipinski definition) is 3. The van der Waals surface area contributed by atoms with Crippen LogP contribution in [0.5, 0.6) is 5.75 Å². The van der Waals surface area contributed by atoms with Crippen LogP contribution in [0.4, 0.5) is 0 Å². The van der Waals surface area contributed by atoms with Crippen molar-refractivity contribution in [3.63, 3.8) is 0 Å². The Morgan fingerprint density at radius 3 is 2.61 bits per heavy atom. The van der Waals surface area contributed by atoms with Gasteiger partial charge in [0.15, 0.2) is 0 Å². The van der Waals surface area contributed by atoms with Gasteiger partial charge in [0, 0.05) is 18.5 Å². The molecular formula is C24H38N2O2. The third-order valence-electron chi connectivity index (χ3n) is 6.86. The molecular weight excluding hydrogens is 348 g/mol. The summed E-state index contributed by atoms with van der Waals surface area (Å²) in [7, 11) is 4.13. The molecule has 1 saturated carbocycles. The van der Waals surface area contributed by atoms with Gasteiger partial charge in [-0.3, -0.25) is 4.79 Å². The van der Waals surface area contributed by atoms with Crippen LogP contribution >= 0.6 is 0 Å². The topological polar surface area (TPSA) is 41.6 Å². The molecule has 4 heteroatoms. The first-order chi connectivity index (χ1) is 13.4. The van der Waals surface area contributed by atoms with Gasteiger partial charge in [0.05, 0.1) is 0 Å². The van der Waals surface area contributed by atoms with Crippen molar-refractivity contribution < 1.29 is 9.53 Å². The zero-order valence-electron chi connectivity index (χ0n) is 18.4. The van der Waals surface area contributed by atoms with Crippen LogP contribution in [0.3, 0.4) is 0 Å². The number of carbonyl (C=O) groups is 1. The van der Waals surface area contributed by atoms with Crippen LogP contribution in [0.25, 0.3) is 0 Å². The van der Waals surface area contributed by atoms with Gasteiger partial charge in [0.25, 0.3) is 0 Å². The van der Waals surface area contributed by atoms with Gasteiger partial charge in [-0.15, -0.1) is 0 Å². The number of nitrogens with one attached hydrogen (secondary N) is 1. The summed E-state index contributed by atoms with van der Waals surface area (Å²) < 4.78 is 6.11. The second kappa shape index (κ2) is 9.30. The van der Waals surface area contributed by atoms with Gasteiger partial charge in [0.2, 0.25) is 5.91 Å². The Labute approximate surface area is 171 Å². The molecule has 0 radical (unpaired) electrons. The normalized spacial score (nSPS) is 20.9. The molecule has 1 aromatic carbocycles. The molecule has 156 valence electrons. The first kappa shape index (κ1) is 21.2. The fourth-order valence-corrected chi connectivity index (χ4v) is 4.86. The summed E-state index contributed by atoms with van der Waals surface area (Å²) in [6, 6.07) is 2.62. The van der Waals surface area contributed by atoms with E-state index in [1.807, 2.05) is 0 Å². The van der Waals surface area contributed by atoms with Gasteiger partial charge in [-0.05, 0) is 94.3 Å². The van der Waals surface area contributed by atoms with Crippen molar-refractivity contribution in [3.05, 3.63) is 28.3 Å². The fraction of sp³-hybridized carbons (Fsp3) is 0.708. The molecule has 2 aliphatic rings. The average Bonchev–Trinajstić information content (AvgIpc) is 3.17. The van der Waals surface area contributed by atoms with E-state index in [2.05, 4.69) is 51.1 Å². The summed E-state index contributed by atoms with van der Waals surface area (Å²) in [5, 5.41) is 3.31. The lowest BCUT2D eigenvalue weighted by Gasteiger charge is -2.32. The van der Waals surface area contributed by atoms with E-state index in [-0.39, 0.29) is 11.8 Å². The molecule has 0 heterocycles. The number of carbonyl (C=O) groups excluding carboxylic acids is 1. The lowest BCUT2D eigenvalue weighted by atomic mass is 9.74. The summed E-state index contributed by atoms with van der Waals surface area (Å²) >= 11 is 0. The second-order valence-corrected chi connectivity index (χ2v) is 9.21. The van der Waals surface area contributed by atoms with E-state index >= 15 is 0 Å². The maximum absolute atomic E-state index is 12.8. The molecule has 0 aliphatic heterocycles. The third-order valence-corrected chi connectivity index (χ3v) is 6.86. The SMILES string of the molecule is Cc1cc(OCCN(C)C)c(C)c2c1CC[C@@H]([C@H](C)C(=O)NC1CCCC1)C2. The summed E-state index contributed by atoms with van der Waals surface area (Å²) in [6.45, 7) is 8.13. The molecule has 2 aliphatic carbocycles. The van der Waals surface area contributed by atoms with Gasteiger partial charge in [-0.1, -0.05) is 19.8 Å². The van der Waals surface area contributed by atoms with Crippen LogP contribution in [0, 0.1) is 25.7 Å².